The number of aryl methyl sites for hydroxylation is 2. The van der Waals surface area contributed by atoms with Crippen LogP contribution >= 0.6 is 39.8 Å². The Morgan fingerprint density at radius 3 is 2.07 bits per heavy atom. The lowest BCUT2D eigenvalue weighted by Crippen LogP contribution is -2.62. The molecule has 3 fully saturated rings. The van der Waals surface area contributed by atoms with E-state index in [1.165, 1.54) is 44.0 Å². The molecule has 0 radical (unpaired) electrons. The van der Waals surface area contributed by atoms with E-state index < -0.39 is 122 Å². The van der Waals surface area contributed by atoms with E-state index in [1.54, 1.807) is 12.2 Å². The van der Waals surface area contributed by atoms with Gasteiger partial charge in [-0.2, -0.15) is 0 Å². The molecule has 5 rings (SSSR count). The average molecular weight is 884 g/mol. The summed E-state index contributed by atoms with van der Waals surface area (Å²) in [6.07, 6.45) is -4.32. The summed E-state index contributed by atoms with van der Waals surface area (Å²) in [6.45, 7) is -1.54. The molecule has 2 aromatic heterocycles. The molecule has 2 aromatic rings. The van der Waals surface area contributed by atoms with Crippen molar-refractivity contribution in [3.8, 4) is 0 Å². The number of rotatable bonds is 17. The summed E-state index contributed by atoms with van der Waals surface area (Å²) in [7, 11) is 2.44. The zero-order valence-electron chi connectivity index (χ0n) is 30.9. The monoisotopic (exact) mass is 883 g/mol. The number of H-pyrrole nitrogens is 2. The van der Waals surface area contributed by atoms with Crippen LogP contribution in [-0.4, -0.2) is 136 Å². The Morgan fingerprint density at radius 1 is 0.895 bits per heavy atom. The first-order chi connectivity index (χ1) is 27.0. The zero-order chi connectivity index (χ0) is 41.6. The molecule has 0 aliphatic carbocycles. The van der Waals surface area contributed by atoms with Crippen LogP contribution in [-0.2, 0) is 32.6 Å². The maximum Gasteiger partial charge on any atom is 0.389 e. The number of aromatic nitrogens is 4. The Labute approximate surface area is 336 Å². The molecule has 25 heteroatoms. The molecule has 6 unspecified atom stereocenters. The highest BCUT2D eigenvalue weighted by Gasteiger charge is 2.46. The number of hydrogen-bond donors (Lipinski definition) is 8. The van der Waals surface area contributed by atoms with Crippen molar-refractivity contribution in [2.24, 2.45) is 0 Å². The fourth-order valence-electron chi connectivity index (χ4n) is 6.18. The van der Waals surface area contributed by atoms with Gasteiger partial charge in [0.15, 0.2) is 0 Å². The number of aromatic amines is 2. The van der Waals surface area contributed by atoms with Gasteiger partial charge in [0.1, 0.15) is 54.5 Å². The number of aliphatic hydroxyl groups excluding tert-OH is 5. The number of amides is 1. The van der Waals surface area contributed by atoms with E-state index in [2.05, 4.69) is 15.3 Å². The van der Waals surface area contributed by atoms with Crippen LogP contribution in [0.2, 0.25) is 0 Å². The van der Waals surface area contributed by atoms with E-state index in [1.807, 2.05) is 0 Å². The maximum atomic E-state index is 14.4. The molecule has 3 saturated heterocycles. The van der Waals surface area contributed by atoms with Crippen molar-refractivity contribution in [3.63, 3.8) is 0 Å². The highest BCUT2D eigenvalue weighted by molar-refractivity contribution is 8.77. The van der Waals surface area contributed by atoms with Crippen LogP contribution in [0.1, 0.15) is 43.3 Å². The minimum atomic E-state index is -4.21. The summed E-state index contributed by atoms with van der Waals surface area (Å²) in [5.74, 6) is -0.0223. The van der Waals surface area contributed by atoms with Gasteiger partial charge in [0.05, 0.1) is 32.0 Å². The molecule has 3 aliphatic rings. The van der Waals surface area contributed by atoms with Gasteiger partial charge in [-0.3, -0.25) is 42.5 Å². The van der Waals surface area contributed by atoms with Crippen molar-refractivity contribution in [3.05, 3.63) is 77.3 Å². The van der Waals surface area contributed by atoms with E-state index in [0.29, 0.717) is 5.75 Å². The van der Waals surface area contributed by atoms with Crippen molar-refractivity contribution in [1.29, 1.82) is 0 Å². The average Bonchev–Trinajstić information content (AvgIpc) is 3.74. The lowest BCUT2D eigenvalue weighted by Gasteiger charge is -2.41. The second-order valence-electron chi connectivity index (χ2n) is 13.4. The molecule has 0 saturated carbocycles. The fraction of sp³-hybridized carbons (Fsp3) is 0.656. The first-order valence-electron chi connectivity index (χ1n) is 17.7. The summed E-state index contributed by atoms with van der Waals surface area (Å²) in [6, 6.07) is -0.953. The summed E-state index contributed by atoms with van der Waals surface area (Å²) in [4.78, 5) is 64.9. The third-order valence-corrected chi connectivity index (χ3v) is 15.3. The van der Waals surface area contributed by atoms with E-state index >= 15 is 0 Å². The zero-order valence-corrected chi connectivity index (χ0v) is 34.2. The summed E-state index contributed by atoms with van der Waals surface area (Å²) in [5.41, 5.74) is -2.99. The van der Waals surface area contributed by atoms with Crippen molar-refractivity contribution in [1.82, 2.24) is 24.4 Å². The van der Waals surface area contributed by atoms with Crippen LogP contribution in [0, 0.1) is 13.8 Å². The lowest BCUT2D eigenvalue weighted by molar-refractivity contribution is -0.173. The topological polar surface area (TPSA) is 303 Å². The highest BCUT2D eigenvalue weighted by Crippen LogP contribution is 2.63. The maximum absolute atomic E-state index is 14.4. The largest absolute Gasteiger partial charge is 0.394 e. The van der Waals surface area contributed by atoms with Gasteiger partial charge in [-0.05, 0) is 25.2 Å². The Hall–Kier alpha value is -2.55. The van der Waals surface area contributed by atoms with Crippen LogP contribution in [0.25, 0.3) is 0 Å². The number of aliphatic hydroxyl groups is 5. The van der Waals surface area contributed by atoms with Gasteiger partial charge >= 0.3 is 18.2 Å². The van der Waals surface area contributed by atoms with Gasteiger partial charge in [-0.15, -0.1) is 0 Å². The summed E-state index contributed by atoms with van der Waals surface area (Å²) < 4.78 is 46.0. The van der Waals surface area contributed by atoms with Crippen LogP contribution in [0.5, 0.6) is 0 Å². The van der Waals surface area contributed by atoms with E-state index in [0.717, 1.165) is 31.3 Å². The smallest absolute Gasteiger partial charge is 0.389 e. The summed E-state index contributed by atoms with van der Waals surface area (Å²) in [5, 5.41) is 53.8. The van der Waals surface area contributed by atoms with Crippen LogP contribution in [0.4, 0.5) is 0 Å². The minimum absolute atomic E-state index is 0.0497. The molecular weight excluding hydrogens is 838 g/mol. The fourth-order valence-corrected chi connectivity index (χ4v) is 11.7. The van der Waals surface area contributed by atoms with Crippen molar-refractivity contribution >= 4 is 45.7 Å². The normalized spacial score (nSPS) is 31.5. The third kappa shape index (κ3) is 11.4. The third-order valence-electron chi connectivity index (χ3n) is 9.21. The molecule has 318 valence electrons. The standard InChI is InChI=1S/C32H46N5O16PS3/c1-15-10-36(31(46)34-28(15)44)23-8-18(41)22(51-23)14-49-54(48,53-19-9-24(50-20(19)12-38)37-11-16(2)29(45)35-32(37)47)55-6-4-5-7-56-57-30-25(33-17(3)40)27(43)26(42)21(13-39)52-30/h4-5,10-11,18-27,30,38-39,41-43H,6-9,12-14H2,1-3H3,(H,33,40)(H,34,44,46)(H,35,45,47)/b5-4-/t18?,19?,20-,21?,22-,23-,24-,25?,26-,27?,30+,54?/m1/s1. The van der Waals surface area contributed by atoms with Crippen molar-refractivity contribution in [2.75, 3.05) is 31.3 Å². The van der Waals surface area contributed by atoms with E-state index in [4.69, 9.17) is 23.3 Å². The molecule has 8 N–H and O–H groups in total. The minimum Gasteiger partial charge on any atom is -0.394 e. The van der Waals surface area contributed by atoms with Crippen molar-refractivity contribution < 1.29 is 58.2 Å². The molecule has 0 spiro atoms. The summed E-state index contributed by atoms with van der Waals surface area (Å²) >= 11 is 0.775. The van der Waals surface area contributed by atoms with Crippen LogP contribution < -0.4 is 27.8 Å². The molecule has 12 atom stereocenters. The van der Waals surface area contributed by atoms with Crippen molar-refractivity contribution in [2.45, 2.75) is 100 Å². The predicted molar refractivity (Wildman–Crippen MR) is 208 cm³/mol. The number of carbonyl (C=O) groups is 1. The Bertz CT molecular complexity index is 2030. The quantitative estimate of drug-likeness (QED) is 0.0399. The van der Waals surface area contributed by atoms with E-state index in [-0.39, 0.29) is 29.7 Å². The molecule has 5 heterocycles. The Morgan fingerprint density at radius 2 is 1.47 bits per heavy atom. The van der Waals surface area contributed by atoms with Gasteiger partial charge in [0.25, 0.3) is 11.1 Å². The second-order valence-corrected chi connectivity index (χ2v) is 20.0. The SMILES string of the molecule is CC(=O)NC1C(O)[C@H](O)C(CO)O[C@H]1SSC/C=C\CSP(=O)(OC[C@H]1O[C@@H](n2cc(C)c(=O)[nH]c2=O)CC1O)OC1C[C@H](n2cc(C)c(=O)[nH]c2=O)O[C@@H]1CO. The molecule has 1 amide bonds. The molecular formula is C32H46N5O16PS3. The van der Waals surface area contributed by atoms with Gasteiger partial charge in [-0.25, -0.2) is 14.2 Å². The second kappa shape index (κ2) is 20.1. The lowest BCUT2D eigenvalue weighted by atomic mass is 9.98. The first kappa shape index (κ1) is 45.5. The highest BCUT2D eigenvalue weighted by atomic mass is 33.1. The van der Waals surface area contributed by atoms with Gasteiger partial charge in [-0.1, -0.05) is 33.7 Å². The number of carbonyl (C=O) groups excluding carboxylic acids is 1. The number of nitrogens with zero attached hydrogens (tertiary/aromatic N) is 2. The molecule has 3 aliphatic heterocycles. The van der Waals surface area contributed by atoms with Crippen LogP contribution in [0.15, 0.2) is 43.7 Å². The number of ether oxygens (including phenoxy) is 3. The molecule has 57 heavy (non-hydrogen) atoms. The van der Waals surface area contributed by atoms with Gasteiger partial charge in [0, 0.05) is 54.8 Å². The Balaban J connectivity index is 1.25. The predicted octanol–water partition coefficient (Wildman–Crippen LogP) is -1.24. The van der Waals surface area contributed by atoms with E-state index in [9.17, 15) is 54.1 Å². The number of hydrogen-bond acceptors (Lipinski definition) is 19. The Kier molecular flexibility index (Phi) is 16.1. The van der Waals surface area contributed by atoms with Crippen LogP contribution in [0.3, 0.4) is 0 Å². The van der Waals surface area contributed by atoms with Gasteiger partial charge in [0.2, 0.25) is 5.91 Å². The first-order valence-corrected chi connectivity index (χ1v) is 23.2. The number of nitrogens with one attached hydrogen (secondary N) is 3. The van der Waals surface area contributed by atoms with Gasteiger partial charge < -0.3 is 45.1 Å². The molecule has 0 bridgehead atoms. The molecule has 21 nitrogen and oxygen atoms in total. The molecule has 0 aromatic carbocycles.